The summed E-state index contributed by atoms with van der Waals surface area (Å²) in [6.07, 6.45) is 16.7. The Morgan fingerprint density at radius 1 is 0.835 bits per heavy atom. The number of fused-ring (bicyclic) bond motifs is 5. The van der Waals surface area contributed by atoms with Gasteiger partial charge in [0.15, 0.2) is 11.5 Å². The van der Waals surface area contributed by atoms with Gasteiger partial charge >= 0.3 is 0 Å². The van der Waals surface area contributed by atoms with E-state index in [1.54, 1.807) is 21.6 Å². The highest BCUT2D eigenvalue weighted by Gasteiger charge is 2.54. The van der Waals surface area contributed by atoms with Crippen LogP contribution in [-0.4, -0.2) is 91.3 Å². The summed E-state index contributed by atoms with van der Waals surface area (Å²) in [4.78, 5) is 3.39. The summed E-state index contributed by atoms with van der Waals surface area (Å²) < 4.78 is 7.00. The van der Waals surface area contributed by atoms with Crippen molar-refractivity contribution in [2.75, 3.05) is 31.3 Å². The number of benzene rings is 3. The van der Waals surface area contributed by atoms with Crippen LogP contribution < -0.4 is 15.8 Å². The molecular weight excluding hydrogens is 1020 g/mol. The highest BCUT2D eigenvalue weighted by molar-refractivity contribution is 8.76. The summed E-state index contributed by atoms with van der Waals surface area (Å²) in [6, 6.07) is 30.2. The molecule has 422 valence electrons. The van der Waals surface area contributed by atoms with E-state index in [-0.39, 0.29) is 59.7 Å². The standard InChI is InChI=1S/C67H85N3O7S2/c1-2-42-29-45-32-59(74)61(77-62-33-46(30-50-19-14-27-69-50)51-22-28-70-65(68)56(51)41-79-78-40-47(38-71)64(62)76)36-53(45)54-35-60(75)63-44(31-52(42)54)21-26-66(23-13-10-20-58(63)73)37-55(43-15-6-3-7-16-43)57(34-49(66)39-72)67(24-11-5-12-25-67)48-17-8-4-9-18-48/h3-4,6-9,14-19,22,27,31-32,36,42,44,46-47,49,54-55,57-58,60,62-64,69-76H,2,5,10-13,20,23-25,28-30,33-35,37-41,68H2,1H3. The van der Waals surface area contributed by atoms with Crippen LogP contribution in [0, 0.1) is 58.7 Å². The Kier molecular flexibility index (Phi) is 17.7. The Bertz CT molecular complexity index is 2860. The lowest BCUT2D eigenvalue weighted by Gasteiger charge is -2.55. The third kappa shape index (κ3) is 11.5. The molecule has 0 amide bonds. The van der Waals surface area contributed by atoms with Gasteiger partial charge in [0.1, 0.15) is 11.9 Å². The van der Waals surface area contributed by atoms with Gasteiger partial charge in [-0.05, 0) is 158 Å². The summed E-state index contributed by atoms with van der Waals surface area (Å²) in [5, 5.41) is 75.3. The number of rotatable bonds is 10. The molecule has 2 aliphatic heterocycles. The van der Waals surface area contributed by atoms with E-state index >= 15 is 0 Å². The van der Waals surface area contributed by atoms with E-state index in [9.17, 15) is 30.6 Å². The average molecular weight is 1110 g/mol. The van der Waals surface area contributed by atoms with E-state index in [2.05, 4.69) is 108 Å². The van der Waals surface area contributed by atoms with Crippen LogP contribution in [0.4, 0.5) is 0 Å². The number of nitrogens with two attached hydrogens (primary N) is 1. The third-order valence-electron chi connectivity index (χ3n) is 20.4. The molecule has 3 fully saturated rings. The van der Waals surface area contributed by atoms with Gasteiger partial charge < -0.3 is 51.4 Å². The minimum atomic E-state index is -1.06. The van der Waals surface area contributed by atoms with Crippen LogP contribution in [0.2, 0.25) is 0 Å². The second kappa shape index (κ2) is 24.9. The molecule has 14 atom stereocenters. The Morgan fingerprint density at radius 3 is 2.37 bits per heavy atom. The van der Waals surface area contributed by atoms with Gasteiger partial charge in [-0.1, -0.05) is 151 Å². The van der Waals surface area contributed by atoms with Crippen LogP contribution in [0.15, 0.2) is 126 Å². The van der Waals surface area contributed by atoms with Crippen molar-refractivity contribution in [3.8, 4) is 23.3 Å². The molecule has 0 radical (unpaired) electrons. The number of hydrogen-bond donors (Lipinski definition) is 9. The monoisotopic (exact) mass is 1110 g/mol. The van der Waals surface area contributed by atoms with Crippen molar-refractivity contribution >= 4 is 21.6 Å². The minimum Gasteiger partial charge on any atom is -0.504 e. The number of aromatic amines is 1. The number of aliphatic hydroxyl groups excluding tert-OH is 5. The lowest BCUT2D eigenvalue weighted by atomic mass is 9.48. The topological polar surface area (TPSA) is 184 Å². The molecule has 1 saturated heterocycles. The van der Waals surface area contributed by atoms with Crippen molar-refractivity contribution < 1.29 is 35.4 Å². The molecule has 11 rings (SSSR count). The van der Waals surface area contributed by atoms with Crippen molar-refractivity contribution in [1.82, 2.24) is 10.3 Å². The summed E-state index contributed by atoms with van der Waals surface area (Å²) in [7, 11) is 3.27. The number of ether oxygens (including phenoxy) is 1. The molecule has 3 aromatic carbocycles. The first-order valence-corrected chi connectivity index (χ1v) is 32.4. The smallest absolute Gasteiger partial charge is 0.161 e. The first kappa shape index (κ1) is 56.3. The van der Waals surface area contributed by atoms with E-state index in [4.69, 9.17) is 10.5 Å². The van der Waals surface area contributed by atoms with Crippen LogP contribution in [0.25, 0.3) is 0 Å². The Labute approximate surface area is 477 Å². The van der Waals surface area contributed by atoms with Gasteiger partial charge in [0, 0.05) is 77.8 Å². The molecule has 10 nitrogen and oxygen atoms in total. The van der Waals surface area contributed by atoms with Gasteiger partial charge in [-0.2, -0.15) is 0 Å². The fraction of sp³-hybridized carbons (Fsp3) is 0.552. The van der Waals surface area contributed by atoms with E-state index in [0.717, 1.165) is 79.3 Å². The zero-order valence-corrected chi connectivity index (χ0v) is 47.8. The predicted molar refractivity (Wildman–Crippen MR) is 318 cm³/mol. The third-order valence-corrected chi connectivity index (χ3v) is 22.8. The van der Waals surface area contributed by atoms with Crippen LogP contribution in [0.1, 0.15) is 137 Å². The molecule has 2 saturated carbocycles. The summed E-state index contributed by atoms with van der Waals surface area (Å²) in [6.45, 7) is 2.64. The number of aliphatic hydroxyl groups is 5. The number of nitrogens with one attached hydrogen (secondary N) is 2. The highest BCUT2D eigenvalue weighted by Crippen LogP contribution is 2.61. The molecule has 4 aromatic rings. The number of phenols is 1. The fourth-order valence-electron chi connectivity index (χ4n) is 16.2. The SMILES string of the molecule is CCC1Cc2cc(O)c(OC3CC(Cc4ccc[nH]4)C4=CCNC(N)=C4CSSCC(CO)C3O)cc2C2CC(O)C3C(C#CC4(CCCCC3O)CC(c3ccccc3)C(C3(c5ccccc5)CCCCC3)CC4CO)C=C12. The first-order valence-electron chi connectivity index (χ1n) is 30.0. The minimum absolute atomic E-state index is 0.00472. The second-order valence-corrected chi connectivity index (χ2v) is 27.1. The fourth-order valence-corrected chi connectivity index (χ4v) is 18.7. The molecule has 79 heavy (non-hydrogen) atoms. The number of aromatic hydroxyl groups is 1. The van der Waals surface area contributed by atoms with E-state index in [1.165, 1.54) is 36.0 Å². The van der Waals surface area contributed by atoms with E-state index in [0.29, 0.717) is 61.9 Å². The van der Waals surface area contributed by atoms with Crippen molar-refractivity contribution in [3.63, 3.8) is 0 Å². The molecule has 3 heterocycles. The molecule has 12 heteroatoms. The second-order valence-electron chi connectivity index (χ2n) is 24.6. The molecule has 14 unspecified atom stereocenters. The van der Waals surface area contributed by atoms with Crippen molar-refractivity contribution in [1.29, 1.82) is 0 Å². The number of phenolic OH excluding ortho intramolecular Hbond substituents is 1. The van der Waals surface area contributed by atoms with Crippen LogP contribution >= 0.6 is 21.6 Å². The van der Waals surface area contributed by atoms with Gasteiger partial charge in [-0.25, -0.2) is 0 Å². The van der Waals surface area contributed by atoms with Gasteiger partial charge in [0.2, 0.25) is 0 Å². The Morgan fingerprint density at radius 2 is 1.62 bits per heavy atom. The number of hydrogen-bond acceptors (Lipinski definition) is 11. The van der Waals surface area contributed by atoms with E-state index in [1.807, 2.05) is 24.4 Å². The van der Waals surface area contributed by atoms with Gasteiger partial charge in [0.05, 0.1) is 18.3 Å². The molecular formula is C67H85N3O7S2. The number of aromatic nitrogens is 1. The van der Waals surface area contributed by atoms with Crippen LogP contribution in [0.3, 0.4) is 0 Å². The van der Waals surface area contributed by atoms with Gasteiger partial charge in [0.25, 0.3) is 0 Å². The molecule has 1 aromatic heterocycles. The first-order chi connectivity index (χ1) is 38.5. The van der Waals surface area contributed by atoms with Crippen molar-refractivity contribution in [2.24, 2.45) is 52.6 Å². The summed E-state index contributed by atoms with van der Waals surface area (Å²) >= 11 is 0. The normalized spacial score (nSPS) is 34.0. The van der Waals surface area contributed by atoms with Crippen molar-refractivity contribution in [3.05, 3.63) is 154 Å². The summed E-state index contributed by atoms with van der Waals surface area (Å²) in [5.74, 6) is 8.89. The lowest BCUT2D eigenvalue weighted by molar-refractivity contribution is -0.0214. The molecule has 0 bridgehead atoms. The number of allylic oxidation sites excluding steroid dienone is 3. The average Bonchev–Trinajstić information content (AvgIpc) is 4.06. The van der Waals surface area contributed by atoms with Gasteiger partial charge in [-0.3, -0.25) is 0 Å². The van der Waals surface area contributed by atoms with Crippen molar-refractivity contribution in [2.45, 2.75) is 151 Å². The Hall–Kier alpha value is -4.58. The Balaban J connectivity index is 0.963. The molecule has 10 N–H and O–H groups in total. The quantitative estimate of drug-likeness (QED) is 0.0418. The maximum atomic E-state index is 12.8. The van der Waals surface area contributed by atoms with Crippen LogP contribution in [0.5, 0.6) is 11.5 Å². The molecule has 5 aliphatic carbocycles. The predicted octanol–water partition coefficient (Wildman–Crippen LogP) is 11.0. The largest absolute Gasteiger partial charge is 0.504 e. The summed E-state index contributed by atoms with van der Waals surface area (Å²) in [5.41, 5.74) is 15.4. The number of dihydropyridines is 1. The van der Waals surface area contributed by atoms with Crippen LogP contribution in [-0.2, 0) is 18.3 Å². The maximum Gasteiger partial charge on any atom is 0.161 e. The van der Waals surface area contributed by atoms with Gasteiger partial charge in [-0.15, -0.1) is 0 Å². The molecule has 1 spiro atoms. The van der Waals surface area contributed by atoms with E-state index < -0.39 is 47.6 Å². The number of H-pyrrole nitrogens is 1. The lowest BCUT2D eigenvalue weighted by Crippen LogP contribution is -2.49. The molecule has 7 aliphatic rings. The highest BCUT2D eigenvalue weighted by atomic mass is 33.1. The zero-order chi connectivity index (χ0) is 54.7. The zero-order valence-electron chi connectivity index (χ0n) is 46.2. The maximum absolute atomic E-state index is 12.8.